The maximum Gasteiger partial charge on any atom is 0.410 e. The predicted molar refractivity (Wildman–Crippen MR) is 102 cm³/mol. The van der Waals surface area contributed by atoms with E-state index in [0.29, 0.717) is 37.4 Å². The van der Waals surface area contributed by atoms with E-state index >= 15 is 0 Å². The highest BCUT2D eigenvalue weighted by molar-refractivity contribution is 5.68. The fraction of sp³-hybridized carbons (Fsp3) is 0.619. The number of fused-ring (bicyclic) bond motifs is 2. The Morgan fingerprint density at radius 3 is 2.33 bits per heavy atom. The molecule has 1 aromatic rings. The molecule has 1 unspecified atom stereocenters. The van der Waals surface area contributed by atoms with E-state index in [1.165, 1.54) is 0 Å². The summed E-state index contributed by atoms with van der Waals surface area (Å²) in [7, 11) is 0. The second kappa shape index (κ2) is 8.19. The van der Waals surface area contributed by atoms with E-state index < -0.39 is 5.60 Å². The van der Waals surface area contributed by atoms with E-state index in [0.717, 1.165) is 18.4 Å². The van der Waals surface area contributed by atoms with Crippen LogP contribution >= 0.6 is 0 Å². The van der Waals surface area contributed by atoms with Gasteiger partial charge in [-0.3, -0.25) is 0 Å². The summed E-state index contributed by atoms with van der Waals surface area (Å²) in [6, 6.07) is 9.64. The van der Waals surface area contributed by atoms with Gasteiger partial charge in [-0.25, -0.2) is 9.59 Å². The fourth-order valence-corrected chi connectivity index (χ4v) is 4.12. The molecule has 2 fully saturated rings. The van der Waals surface area contributed by atoms with Gasteiger partial charge in [0.1, 0.15) is 12.2 Å². The quantitative estimate of drug-likeness (QED) is 0.870. The van der Waals surface area contributed by atoms with Crippen LogP contribution in [0, 0.1) is 17.8 Å². The van der Waals surface area contributed by atoms with Crippen LogP contribution < -0.4 is 5.32 Å². The van der Waals surface area contributed by atoms with Crippen LogP contribution in [-0.2, 0) is 16.1 Å². The molecule has 6 heteroatoms. The summed E-state index contributed by atoms with van der Waals surface area (Å²) in [5.41, 5.74) is 0.496. The van der Waals surface area contributed by atoms with Crippen molar-refractivity contribution in [1.29, 1.82) is 0 Å². The van der Waals surface area contributed by atoms with Crippen LogP contribution in [-0.4, -0.2) is 42.3 Å². The van der Waals surface area contributed by atoms with Gasteiger partial charge in [0.15, 0.2) is 0 Å². The van der Waals surface area contributed by atoms with Crippen molar-refractivity contribution in [2.24, 2.45) is 17.8 Å². The van der Waals surface area contributed by atoms with Gasteiger partial charge in [0.25, 0.3) is 0 Å². The third kappa shape index (κ3) is 5.37. The van der Waals surface area contributed by atoms with Gasteiger partial charge < -0.3 is 19.7 Å². The number of piperidine rings is 1. The van der Waals surface area contributed by atoms with Crippen LogP contribution in [0.3, 0.4) is 0 Å². The summed E-state index contributed by atoms with van der Waals surface area (Å²) < 4.78 is 10.8. The zero-order valence-electron chi connectivity index (χ0n) is 16.4. The summed E-state index contributed by atoms with van der Waals surface area (Å²) in [5, 5.41) is 2.91. The van der Waals surface area contributed by atoms with Gasteiger partial charge in [0, 0.05) is 19.6 Å². The van der Waals surface area contributed by atoms with E-state index in [2.05, 4.69) is 5.32 Å². The average molecular weight is 374 g/mol. The molecule has 1 saturated carbocycles. The zero-order valence-corrected chi connectivity index (χ0v) is 16.4. The molecule has 1 aromatic carbocycles. The Balaban J connectivity index is 1.44. The molecule has 148 valence electrons. The highest BCUT2D eigenvalue weighted by Gasteiger charge is 2.44. The number of hydrogen-bond acceptors (Lipinski definition) is 4. The van der Waals surface area contributed by atoms with Crippen molar-refractivity contribution in [1.82, 2.24) is 10.2 Å². The summed E-state index contributed by atoms with van der Waals surface area (Å²) in [6.07, 6.45) is 1.57. The lowest BCUT2D eigenvalue weighted by Crippen LogP contribution is -2.49. The number of nitrogens with zero attached hydrogens (tertiary/aromatic N) is 1. The maximum atomic E-state index is 12.3. The number of carbonyl (C=O) groups excluding carboxylic acids is 2. The number of likely N-dealkylation sites (tertiary alicyclic amines) is 1. The van der Waals surface area contributed by atoms with Crippen molar-refractivity contribution in [3.63, 3.8) is 0 Å². The van der Waals surface area contributed by atoms with Gasteiger partial charge in [-0.05, 0) is 56.9 Å². The summed E-state index contributed by atoms with van der Waals surface area (Å²) in [5.74, 6) is 1.21. The van der Waals surface area contributed by atoms with Crippen LogP contribution in [0.1, 0.15) is 39.2 Å². The van der Waals surface area contributed by atoms with Gasteiger partial charge in [0.2, 0.25) is 0 Å². The number of nitrogens with one attached hydrogen (secondary N) is 1. The summed E-state index contributed by atoms with van der Waals surface area (Å²) in [6.45, 7) is 7.95. The minimum absolute atomic E-state index is 0.229. The number of hydrogen-bond donors (Lipinski definition) is 1. The molecule has 0 radical (unpaired) electrons. The van der Waals surface area contributed by atoms with Crippen LogP contribution in [0.5, 0.6) is 0 Å². The predicted octanol–water partition coefficient (Wildman–Crippen LogP) is 3.81. The number of ether oxygens (including phenoxy) is 2. The molecule has 1 heterocycles. The lowest BCUT2D eigenvalue weighted by Gasteiger charge is -2.38. The van der Waals surface area contributed by atoms with Crippen LogP contribution in [0.15, 0.2) is 30.3 Å². The molecule has 6 nitrogen and oxygen atoms in total. The van der Waals surface area contributed by atoms with E-state index in [1.807, 2.05) is 56.0 Å². The van der Waals surface area contributed by atoms with Crippen molar-refractivity contribution in [3.8, 4) is 0 Å². The Bertz CT molecular complexity index is 642. The first-order valence-electron chi connectivity index (χ1n) is 9.74. The second-order valence-electron chi connectivity index (χ2n) is 8.59. The van der Waals surface area contributed by atoms with Crippen molar-refractivity contribution in [2.75, 3.05) is 19.6 Å². The minimum Gasteiger partial charge on any atom is -0.445 e. The van der Waals surface area contributed by atoms with Crippen molar-refractivity contribution < 1.29 is 19.1 Å². The first kappa shape index (κ1) is 19.5. The van der Waals surface area contributed by atoms with E-state index in [1.54, 1.807) is 0 Å². The molecule has 2 amide bonds. The molecule has 1 N–H and O–H groups in total. The Labute approximate surface area is 161 Å². The minimum atomic E-state index is -0.475. The Hall–Kier alpha value is -2.24. The average Bonchev–Trinajstić information content (AvgIpc) is 2.85. The number of amides is 2. The second-order valence-corrected chi connectivity index (χ2v) is 8.59. The molecule has 0 aromatic heterocycles. The Morgan fingerprint density at radius 1 is 1.11 bits per heavy atom. The molecular weight excluding hydrogens is 344 g/mol. The molecule has 3 rings (SSSR count). The number of carbonyl (C=O) groups is 2. The van der Waals surface area contributed by atoms with Crippen LogP contribution in [0.4, 0.5) is 9.59 Å². The highest BCUT2D eigenvalue weighted by atomic mass is 16.6. The zero-order chi connectivity index (χ0) is 19.4. The normalized spacial score (nSPS) is 24.4. The molecule has 2 aliphatic rings. The molecule has 1 aliphatic heterocycles. The third-order valence-electron chi connectivity index (χ3n) is 5.38. The van der Waals surface area contributed by atoms with Crippen molar-refractivity contribution in [2.45, 2.75) is 45.8 Å². The SMILES string of the molecule is CC(C)(C)OC(=O)N1C[C@H]2CC[C@@H](C1)C2CNC(=O)OCc1ccccc1. The number of benzene rings is 1. The smallest absolute Gasteiger partial charge is 0.410 e. The van der Waals surface area contributed by atoms with Gasteiger partial charge in [-0.15, -0.1) is 0 Å². The fourth-order valence-electron chi connectivity index (χ4n) is 4.12. The third-order valence-corrected chi connectivity index (χ3v) is 5.38. The lowest BCUT2D eigenvalue weighted by atomic mass is 9.85. The van der Waals surface area contributed by atoms with Crippen LogP contribution in [0.2, 0.25) is 0 Å². The number of alkyl carbamates (subject to hydrolysis) is 1. The maximum absolute atomic E-state index is 12.3. The lowest BCUT2D eigenvalue weighted by molar-refractivity contribution is 0.00786. The van der Waals surface area contributed by atoms with Crippen molar-refractivity contribution in [3.05, 3.63) is 35.9 Å². The van der Waals surface area contributed by atoms with Gasteiger partial charge in [-0.2, -0.15) is 0 Å². The first-order chi connectivity index (χ1) is 12.8. The van der Waals surface area contributed by atoms with E-state index in [4.69, 9.17) is 9.47 Å². The molecule has 1 saturated heterocycles. The Morgan fingerprint density at radius 2 is 1.74 bits per heavy atom. The Kier molecular flexibility index (Phi) is 5.92. The first-order valence-corrected chi connectivity index (χ1v) is 9.74. The topological polar surface area (TPSA) is 67.9 Å². The molecule has 27 heavy (non-hydrogen) atoms. The molecule has 3 atom stereocenters. The van der Waals surface area contributed by atoms with E-state index in [9.17, 15) is 9.59 Å². The highest BCUT2D eigenvalue weighted by Crippen LogP contribution is 2.41. The van der Waals surface area contributed by atoms with E-state index in [-0.39, 0.29) is 18.8 Å². The largest absolute Gasteiger partial charge is 0.445 e. The number of rotatable bonds is 4. The summed E-state index contributed by atoms with van der Waals surface area (Å²) >= 11 is 0. The summed E-state index contributed by atoms with van der Waals surface area (Å²) in [4.78, 5) is 26.2. The van der Waals surface area contributed by atoms with Gasteiger partial charge in [-0.1, -0.05) is 30.3 Å². The van der Waals surface area contributed by atoms with Gasteiger partial charge in [0.05, 0.1) is 0 Å². The molecule has 1 aliphatic carbocycles. The molecular formula is C21H30N2O4. The molecule has 2 bridgehead atoms. The monoisotopic (exact) mass is 374 g/mol. The van der Waals surface area contributed by atoms with Gasteiger partial charge >= 0.3 is 12.2 Å². The van der Waals surface area contributed by atoms with Crippen molar-refractivity contribution >= 4 is 12.2 Å². The standard InChI is InChI=1S/C21H30N2O4/c1-21(2,3)27-20(25)23-12-16-9-10-17(13-23)18(16)11-22-19(24)26-14-15-7-5-4-6-8-15/h4-8,16-18H,9-14H2,1-3H3,(H,22,24)/t16-,17+,18?. The molecule has 0 spiro atoms. The van der Waals surface area contributed by atoms with Crippen LogP contribution in [0.25, 0.3) is 0 Å².